The van der Waals surface area contributed by atoms with Crippen LogP contribution < -0.4 is 10.2 Å². The first-order chi connectivity index (χ1) is 13.7. The van der Waals surface area contributed by atoms with Gasteiger partial charge in [-0.1, -0.05) is 77.3 Å². The van der Waals surface area contributed by atoms with Crippen molar-refractivity contribution in [2.24, 2.45) is 0 Å². The third-order valence-corrected chi connectivity index (χ3v) is 5.23. The van der Waals surface area contributed by atoms with E-state index in [1.165, 1.54) is 11.6 Å². The van der Waals surface area contributed by atoms with E-state index in [1.54, 1.807) is 29.2 Å². The van der Waals surface area contributed by atoms with Crippen LogP contribution in [0.5, 0.6) is 0 Å². The maximum absolute atomic E-state index is 12.9. The summed E-state index contributed by atoms with van der Waals surface area (Å²) in [6.07, 6.45) is 4.75. The SMILES string of the molecule is O=C(NC1CCCCCC1N(C(=O)C=CCl)c1ccc(Cl)cc1)OCC(Cl)(Cl)Cl. The first-order valence-corrected chi connectivity index (χ1v) is 11.0. The van der Waals surface area contributed by atoms with Gasteiger partial charge in [-0.2, -0.15) is 0 Å². The second-order valence-corrected chi connectivity index (χ2v) is 9.83. The smallest absolute Gasteiger partial charge is 0.407 e. The zero-order chi connectivity index (χ0) is 21.4. The second kappa shape index (κ2) is 11.5. The molecule has 1 aromatic rings. The summed E-state index contributed by atoms with van der Waals surface area (Å²) in [4.78, 5) is 26.7. The molecule has 29 heavy (non-hydrogen) atoms. The van der Waals surface area contributed by atoms with E-state index >= 15 is 0 Å². The van der Waals surface area contributed by atoms with Gasteiger partial charge < -0.3 is 15.0 Å². The number of alkyl carbamates (subject to hydrolysis) is 1. The lowest BCUT2D eigenvalue weighted by Crippen LogP contribution is -2.53. The number of amides is 2. The first kappa shape index (κ1) is 24.4. The van der Waals surface area contributed by atoms with Crippen molar-refractivity contribution in [3.63, 3.8) is 0 Å². The lowest BCUT2D eigenvalue weighted by molar-refractivity contribution is -0.114. The Morgan fingerprint density at radius 3 is 2.41 bits per heavy atom. The molecule has 1 aliphatic rings. The highest BCUT2D eigenvalue weighted by molar-refractivity contribution is 6.67. The van der Waals surface area contributed by atoms with Crippen LogP contribution in [0.4, 0.5) is 10.5 Å². The summed E-state index contributed by atoms with van der Waals surface area (Å²) in [6.45, 7) is -0.379. The Kier molecular flexibility index (Phi) is 9.70. The predicted molar refractivity (Wildman–Crippen MR) is 119 cm³/mol. The molecule has 2 rings (SSSR count). The minimum absolute atomic E-state index is 0.296. The lowest BCUT2D eigenvalue weighted by atomic mass is 10.00. The van der Waals surface area contributed by atoms with Crippen molar-refractivity contribution < 1.29 is 14.3 Å². The van der Waals surface area contributed by atoms with E-state index in [0.717, 1.165) is 19.3 Å². The summed E-state index contributed by atoms with van der Waals surface area (Å²) in [6, 6.07) is 6.27. The van der Waals surface area contributed by atoms with Gasteiger partial charge in [0.25, 0.3) is 5.91 Å². The quantitative estimate of drug-likeness (QED) is 0.295. The summed E-state index contributed by atoms with van der Waals surface area (Å²) in [7, 11) is 0. The monoisotopic (exact) mass is 500 g/mol. The Bertz CT molecular complexity index is 722. The highest BCUT2D eigenvalue weighted by atomic mass is 35.6. The van der Waals surface area contributed by atoms with Crippen molar-refractivity contribution in [3.05, 3.63) is 40.9 Å². The molecule has 5 nitrogen and oxygen atoms in total. The molecule has 2 atom stereocenters. The van der Waals surface area contributed by atoms with Crippen LogP contribution in [-0.4, -0.2) is 34.5 Å². The number of benzene rings is 1. The average Bonchev–Trinajstić information content (AvgIpc) is 2.87. The molecule has 160 valence electrons. The summed E-state index contributed by atoms with van der Waals surface area (Å²) in [5, 5.41) is 3.38. The standard InChI is InChI=1S/C19H21Cl5N2O3/c20-11-10-17(27)26(14-8-6-13(21)7-9-14)16-5-3-1-2-4-15(16)25-18(28)29-12-19(22,23)24/h6-11,15-16H,1-5,12H2,(H,25,28). The van der Waals surface area contributed by atoms with Gasteiger partial charge in [0.2, 0.25) is 3.79 Å². The van der Waals surface area contributed by atoms with Crippen molar-refractivity contribution >= 4 is 75.7 Å². The fraction of sp³-hybridized carbons (Fsp3) is 0.474. The van der Waals surface area contributed by atoms with Crippen molar-refractivity contribution in [2.45, 2.75) is 48.0 Å². The molecule has 1 aliphatic carbocycles. The number of alkyl halides is 3. The van der Waals surface area contributed by atoms with Gasteiger partial charge >= 0.3 is 6.09 Å². The van der Waals surface area contributed by atoms with E-state index in [9.17, 15) is 9.59 Å². The average molecular weight is 503 g/mol. The van der Waals surface area contributed by atoms with Crippen LogP contribution in [0, 0.1) is 0 Å². The lowest BCUT2D eigenvalue weighted by Gasteiger charge is -2.36. The van der Waals surface area contributed by atoms with E-state index < -0.39 is 9.89 Å². The van der Waals surface area contributed by atoms with E-state index in [2.05, 4.69) is 5.32 Å². The van der Waals surface area contributed by atoms with Gasteiger partial charge in [0.15, 0.2) is 0 Å². The molecule has 0 bridgehead atoms. The Balaban J connectivity index is 2.27. The van der Waals surface area contributed by atoms with Crippen LogP contribution in [0.3, 0.4) is 0 Å². The van der Waals surface area contributed by atoms with Gasteiger partial charge in [-0.25, -0.2) is 4.79 Å². The third-order valence-electron chi connectivity index (χ3n) is 4.53. The molecule has 1 N–H and O–H groups in total. The molecule has 1 saturated carbocycles. The number of anilines is 1. The number of halogens is 5. The van der Waals surface area contributed by atoms with Crippen LogP contribution in [0.15, 0.2) is 35.9 Å². The predicted octanol–water partition coefficient (Wildman–Crippen LogP) is 6.22. The molecular weight excluding hydrogens is 481 g/mol. The highest BCUT2D eigenvalue weighted by Crippen LogP contribution is 2.29. The molecule has 10 heteroatoms. The normalized spacial score (nSPS) is 20.2. The fourth-order valence-corrected chi connectivity index (χ4v) is 3.72. The third kappa shape index (κ3) is 8.06. The van der Waals surface area contributed by atoms with Crippen LogP contribution >= 0.6 is 58.0 Å². The molecule has 2 unspecified atom stereocenters. The topological polar surface area (TPSA) is 58.6 Å². The molecule has 0 spiro atoms. The molecule has 0 saturated heterocycles. The van der Waals surface area contributed by atoms with E-state index in [0.29, 0.717) is 23.6 Å². The van der Waals surface area contributed by atoms with Gasteiger partial charge in [-0.05, 0) is 37.1 Å². The van der Waals surface area contributed by atoms with Gasteiger partial charge in [0.1, 0.15) is 6.61 Å². The largest absolute Gasteiger partial charge is 0.445 e. The molecule has 0 aliphatic heterocycles. The van der Waals surface area contributed by atoms with Crippen molar-refractivity contribution in [1.29, 1.82) is 0 Å². The number of nitrogens with one attached hydrogen (secondary N) is 1. The highest BCUT2D eigenvalue weighted by Gasteiger charge is 2.34. The Morgan fingerprint density at radius 2 is 1.79 bits per heavy atom. The van der Waals surface area contributed by atoms with Crippen molar-refractivity contribution in [2.75, 3.05) is 11.5 Å². The van der Waals surface area contributed by atoms with Crippen molar-refractivity contribution in [3.8, 4) is 0 Å². The summed E-state index contributed by atoms with van der Waals surface area (Å²) >= 11 is 28.6. The van der Waals surface area contributed by atoms with Gasteiger partial charge in [-0.15, -0.1) is 0 Å². The molecule has 0 aromatic heterocycles. The molecule has 2 amide bonds. The van der Waals surface area contributed by atoms with Gasteiger partial charge in [0, 0.05) is 22.3 Å². The number of carbonyl (C=O) groups excluding carboxylic acids is 2. The Labute approximate surface area is 195 Å². The number of hydrogen-bond acceptors (Lipinski definition) is 3. The number of ether oxygens (including phenoxy) is 1. The number of rotatable bonds is 5. The summed E-state index contributed by atoms with van der Waals surface area (Å²) < 4.78 is 3.31. The Morgan fingerprint density at radius 1 is 1.14 bits per heavy atom. The molecule has 1 aromatic carbocycles. The maximum Gasteiger partial charge on any atom is 0.407 e. The van der Waals surface area contributed by atoms with Gasteiger partial charge in [-0.3, -0.25) is 4.79 Å². The van der Waals surface area contributed by atoms with E-state index in [1.807, 2.05) is 0 Å². The first-order valence-electron chi connectivity index (χ1n) is 9.07. The second-order valence-electron chi connectivity index (χ2n) is 6.62. The van der Waals surface area contributed by atoms with Crippen LogP contribution in [-0.2, 0) is 9.53 Å². The number of carbonyl (C=O) groups is 2. The minimum atomic E-state index is -1.70. The Hall–Kier alpha value is -0.850. The van der Waals surface area contributed by atoms with E-state index in [-0.39, 0.29) is 24.6 Å². The van der Waals surface area contributed by atoms with Crippen molar-refractivity contribution in [1.82, 2.24) is 5.32 Å². The molecular formula is C19H21Cl5N2O3. The zero-order valence-electron chi connectivity index (χ0n) is 15.4. The van der Waals surface area contributed by atoms with Crippen LogP contribution in [0.1, 0.15) is 32.1 Å². The summed E-state index contributed by atoms with van der Waals surface area (Å²) in [5.74, 6) is -0.296. The minimum Gasteiger partial charge on any atom is -0.445 e. The molecule has 0 radical (unpaired) electrons. The molecule has 0 heterocycles. The van der Waals surface area contributed by atoms with E-state index in [4.69, 9.17) is 62.7 Å². The summed E-state index contributed by atoms with van der Waals surface area (Å²) in [5.41, 5.74) is 1.82. The van der Waals surface area contributed by atoms with Gasteiger partial charge in [0.05, 0.1) is 12.1 Å². The zero-order valence-corrected chi connectivity index (χ0v) is 19.2. The maximum atomic E-state index is 12.9. The van der Waals surface area contributed by atoms with Crippen LogP contribution in [0.25, 0.3) is 0 Å². The molecule has 1 fully saturated rings. The fourth-order valence-electron chi connectivity index (χ4n) is 3.32. The number of hydrogen-bond donors (Lipinski definition) is 1. The van der Waals surface area contributed by atoms with Crippen LogP contribution in [0.2, 0.25) is 5.02 Å². The number of nitrogens with zero attached hydrogens (tertiary/aromatic N) is 1.